The van der Waals surface area contributed by atoms with Crippen LogP contribution in [0.25, 0.3) is 0 Å². The van der Waals surface area contributed by atoms with E-state index < -0.39 is 53.2 Å². The number of nitrogens with zero attached hydrogens (tertiary/aromatic N) is 3. The molecule has 2 aromatic carbocycles. The molecule has 3 aliphatic heterocycles. The number of carbonyl (C=O) groups is 2. The summed E-state index contributed by atoms with van der Waals surface area (Å²) in [6.07, 6.45) is -2.39. The molecule has 2 aromatic rings. The first-order valence-corrected chi connectivity index (χ1v) is 17.0. The molecular formula is C36H44F5N3O5. The SMILES string of the molecule is COc1ccc([C@@H]2CN([C@H]3CC[C@H](OC)CC3)C[C@@]2(F)C(=O)N2C[C@H](c3ccc(C(F)(F)F)cc3N3CCC(C(=O)O)CC3)[C@@H](F)C2)cc1. The average Bonchev–Trinajstić information content (AvgIpc) is 3.67. The largest absolute Gasteiger partial charge is 0.497 e. The second-order valence-electron chi connectivity index (χ2n) is 14.0. The van der Waals surface area contributed by atoms with Gasteiger partial charge in [0.15, 0.2) is 0 Å². The molecule has 3 heterocycles. The Morgan fingerprint density at radius 3 is 2.18 bits per heavy atom. The first kappa shape index (κ1) is 35.4. The van der Waals surface area contributed by atoms with Crippen molar-refractivity contribution in [2.75, 3.05) is 58.4 Å². The van der Waals surface area contributed by atoms with Gasteiger partial charge in [0.05, 0.1) is 31.2 Å². The third kappa shape index (κ3) is 7.10. The van der Waals surface area contributed by atoms with Crippen LogP contribution in [0.4, 0.5) is 27.6 Å². The van der Waals surface area contributed by atoms with Crippen molar-refractivity contribution in [3.8, 4) is 5.75 Å². The molecular weight excluding hydrogens is 649 g/mol. The molecule has 4 aliphatic rings. The van der Waals surface area contributed by atoms with E-state index >= 15 is 8.78 Å². The highest BCUT2D eigenvalue weighted by molar-refractivity contribution is 5.88. The van der Waals surface area contributed by atoms with Crippen LogP contribution < -0.4 is 9.64 Å². The van der Waals surface area contributed by atoms with Crippen LogP contribution in [0.3, 0.4) is 0 Å². The summed E-state index contributed by atoms with van der Waals surface area (Å²) in [4.78, 5) is 30.7. The van der Waals surface area contributed by atoms with E-state index in [9.17, 15) is 27.9 Å². The number of hydrogen-bond donors (Lipinski definition) is 1. The van der Waals surface area contributed by atoms with Crippen molar-refractivity contribution in [3.05, 3.63) is 59.2 Å². The van der Waals surface area contributed by atoms with Gasteiger partial charge in [-0.3, -0.25) is 14.5 Å². The predicted molar refractivity (Wildman–Crippen MR) is 172 cm³/mol. The van der Waals surface area contributed by atoms with Gasteiger partial charge in [0.2, 0.25) is 5.67 Å². The third-order valence-electron chi connectivity index (χ3n) is 11.2. The molecule has 49 heavy (non-hydrogen) atoms. The molecule has 1 N–H and O–H groups in total. The molecule has 0 bridgehead atoms. The Balaban J connectivity index is 1.27. The van der Waals surface area contributed by atoms with E-state index in [1.165, 1.54) is 18.1 Å². The molecule has 13 heteroatoms. The van der Waals surface area contributed by atoms with E-state index in [-0.39, 0.29) is 63.4 Å². The molecule has 1 aliphatic carbocycles. The second kappa shape index (κ2) is 14.0. The van der Waals surface area contributed by atoms with Crippen molar-refractivity contribution in [3.63, 3.8) is 0 Å². The molecule has 3 saturated heterocycles. The minimum atomic E-state index is -4.65. The Labute approximate surface area is 283 Å². The number of aliphatic carboxylic acids is 1. The summed E-state index contributed by atoms with van der Waals surface area (Å²) in [5.41, 5.74) is -2.16. The Morgan fingerprint density at radius 2 is 1.59 bits per heavy atom. The van der Waals surface area contributed by atoms with Gasteiger partial charge in [-0.1, -0.05) is 18.2 Å². The summed E-state index contributed by atoms with van der Waals surface area (Å²) < 4.78 is 85.8. The number of carboxylic acids is 1. The van der Waals surface area contributed by atoms with Gasteiger partial charge < -0.3 is 24.4 Å². The number of carboxylic acid groups (broad SMARTS) is 1. The zero-order chi connectivity index (χ0) is 35.1. The lowest BCUT2D eigenvalue weighted by molar-refractivity contribution is -0.143. The fourth-order valence-electron chi connectivity index (χ4n) is 8.36. The van der Waals surface area contributed by atoms with E-state index in [4.69, 9.17) is 9.47 Å². The van der Waals surface area contributed by atoms with E-state index in [1.807, 2.05) is 4.90 Å². The zero-order valence-electron chi connectivity index (χ0n) is 27.8. The molecule has 0 radical (unpaired) electrons. The number of piperidine rings is 1. The smallest absolute Gasteiger partial charge is 0.416 e. The van der Waals surface area contributed by atoms with Gasteiger partial charge >= 0.3 is 12.1 Å². The maximum absolute atomic E-state index is 17.6. The Hall–Kier alpha value is -3.45. The fourth-order valence-corrected chi connectivity index (χ4v) is 8.36. The van der Waals surface area contributed by atoms with Gasteiger partial charge in [-0.15, -0.1) is 0 Å². The van der Waals surface area contributed by atoms with Crippen LogP contribution in [-0.2, 0) is 20.5 Å². The average molecular weight is 694 g/mol. The normalized spacial score (nSPS) is 30.1. The van der Waals surface area contributed by atoms with Gasteiger partial charge in [-0.05, 0) is 73.9 Å². The molecule has 8 nitrogen and oxygen atoms in total. The molecule has 0 aromatic heterocycles. The maximum Gasteiger partial charge on any atom is 0.416 e. The van der Waals surface area contributed by atoms with Crippen LogP contribution in [0.1, 0.15) is 67.1 Å². The molecule has 268 valence electrons. The number of benzene rings is 2. The number of halogens is 5. The zero-order valence-corrected chi connectivity index (χ0v) is 27.8. The predicted octanol–water partition coefficient (Wildman–Crippen LogP) is 6.04. The summed E-state index contributed by atoms with van der Waals surface area (Å²) in [6, 6.07) is 10.2. The lowest BCUT2D eigenvalue weighted by Crippen LogP contribution is -2.50. The number of anilines is 1. The first-order chi connectivity index (χ1) is 23.3. The third-order valence-corrected chi connectivity index (χ3v) is 11.2. The summed E-state index contributed by atoms with van der Waals surface area (Å²) in [5, 5.41) is 9.43. The summed E-state index contributed by atoms with van der Waals surface area (Å²) in [7, 11) is 3.21. The van der Waals surface area contributed by atoms with Gasteiger partial charge in [-0.2, -0.15) is 13.2 Å². The second-order valence-corrected chi connectivity index (χ2v) is 14.0. The van der Waals surface area contributed by atoms with Gasteiger partial charge in [-0.25, -0.2) is 8.78 Å². The van der Waals surface area contributed by atoms with E-state index in [2.05, 4.69) is 0 Å². The Kier molecular flexibility index (Phi) is 10.1. The standard InChI is InChI=1S/C36H44F5N3O5/c1-48-26-8-3-22(4-9-26)30-19-44(25-6-10-27(49-2)11-7-25)21-35(30,38)34(47)43-18-29(31(37)20-43)28-12-5-24(36(39,40)41)17-32(28)42-15-13-23(14-16-42)33(45)46/h3-5,8-9,12,17,23,25,27,29-31H,6-7,10-11,13-16,18-21H2,1-2H3,(H,45,46)/t25-,27-,29-,30+,31+,35+/m1/s1. The quantitative estimate of drug-likeness (QED) is 0.338. The number of ether oxygens (including phenoxy) is 2. The topological polar surface area (TPSA) is 82.6 Å². The van der Waals surface area contributed by atoms with Crippen LogP contribution in [-0.4, -0.2) is 104 Å². The monoisotopic (exact) mass is 693 g/mol. The van der Waals surface area contributed by atoms with Crippen LogP contribution in [0.2, 0.25) is 0 Å². The van der Waals surface area contributed by atoms with Gasteiger partial charge in [0, 0.05) is 63.4 Å². The van der Waals surface area contributed by atoms with Crippen molar-refractivity contribution in [1.82, 2.24) is 9.80 Å². The van der Waals surface area contributed by atoms with Gasteiger partial charge in [0.25, 0.3) is 5.91 Å². The first-order valence-electron chi connectivity index (χ1n) is 17.0. The highest BCUT2D eigenvalue weighted by Crippen LogP contribution is 2.46. The number of rotatable bonds is 8. The summed E-state index contributed by atoms with van der Waals surface area (Å²) in [5.74, 6) is -3.60. The van der Waals surface area contributed by atoms with Crippen molar-refractivity contribution in [1.29, 1.82) is 0 Å². The number of carbonyl (C=O) groups excluding carboxylic acids is 1. The van der Waals surface area contributed by atoms with Crippen LogP contribution in [0, 0.1) is 5.92 Å². The van der Waals surface area contributed by atoms with E-state index in [0.29, 0.717) is 23.4 Å². The van der Waals surface area contributed by atoms with Crippen molar-refractivity contribution >= 4 is 17.6 Å². The molecule has 1 saturated carbocycles. The number of methoxy groups -OCH3 is 2. The summed E-state index contributed by atoms with van der Waals surface area (Å²) in [6.45, 7) is -0.0296. The van der Waals surface area contributed by atoms with Gasteiger partial charge in [0.1, 0.15) is 11.9 Å². The van der Waals surface area contributed by atoms with Crippen LogP contribution >= 0.6 is 0 Å². The van der Waals surface area contributed by atoms with Crippen LogP contribution in [0.5, 0.6) is 5.75 Å². The maximum atomic E-state index is 17.6. The molecule has 0 spiro atoms. The number of hydrogen-bond acceptors (Lipinski definition) is 6. The Bertz CT molecular complexity index is 1490. The molecule has 6 rings (SSSR count). The number of alkyl halides is 5. The van der Waals surface area contributed by atoms with Crippen molar-refractivity contribution in [2.24, 2.45) is 5.92 Å². The fraction of sp³-hybridized carbons (Fsp3) is 0.611. The molecule has 4 atom stereocenters. The number of likely N-dealkylation sites (tertiary alicyclic amines) is 2. The van der Waals surface area contributed by atoms with Crippen molar-refractivity contribution < 1.29 is 46.1 Å². The molecule has 4 fully saturated rings. The molecule has 0 unspecified atom stereocenters. The Morgan fingerprint density at radius 1 is 0.918 bits per heavy atom. The number of amides is 1. The van der Waals surface area contributed by atoms with Crippen molar-refractivity contribution in [2.45, 2.75) is 80.5 Å². The lowest BCUT2D eigenvalue weighted by atomic mass is 9.85. The van der Waals surface area contributed by atoms with E-state index in [0.717, 1.165) is 37.8 Å². The minimum absolute atomic E-state index is 0.0674. The summed E-state index contributed by atoms with van der Waals surface area (Å²) >= 11 is 0. The minimum Gasteiger partial charge on any atom is -0.497 e. The highest BCUT2D eigenvalue weighted by Gasteiger charge is 2.57. The lowest BCUT2D eigenvalue weighted by Gasteiger charge is -2.35. The van der Waals surface area contributed by atoms with E-state index in [1.54, 1.807) is 36.3 Å². The highest BCUT2D eigenvalue weighted by atomic mass is 19.4. The molecule has 1 amide bonds. The van der Waals surface area contributed by atoms with Crippen LogP contribution in [0.15, 0.2) is 42.5 Å².